The summed E-state index contributed by atoms with van der Waals surface area (Å²) in [4.78, 5) is 0. The molecule has 0 spiro atoms. The average Bonchev–Trinajstić information content (AvgIpc) is 2.42. The van der Waals surface area contributed by atoms with Crippen molar-refractivity contribution in [1.82, 2.24) is 0 Å². The number of rotatable bonds is 4. The van der Waals surface area contributed by atoms with Crippen LogP contribution in [0.3, 0.4) is 0 Å². The molecule has 0 saturated heterocycles. The average molecular weight is 246 g/mol. The van der Waals surface area contributed by atoms with E-state index in [1.807, 2.05) is 12.1 Å². The fourth-order valence-electron chi connectivity index (χ4n) is 1.70. The lowest BCUT2D eigenvalue weighted by Gasteiger charge is -2.10. The van der Waals surface area contributed by atoms with Gasteiger partial charge in [0.2, 0.25) is 0 Å². The van der Waals surface area contributed by atoms with Crippen molar-refractivity contribution in [2.75, 3.05) is 0 Å². The van der Waals surface area contributed by atoms with Crippen molar-refractivity contribution in [3.05, 3.63) is 59.4 Å². The summed E-state index contributed by atoms with van der Waals surface area (Å²) < 4.78 is 19.1. The summed E-state index contributed by atoms with van der Waals surface area (Å²) in [6, 6.07) is 12.0. The van der Waals surface area contributed by atoms with Crippen LogP contribution in [0.2, 0.25) is 0 Å². The van der Waals surface area contributed by atoms with Gasteiger partial charge in [0.05, 0.1) is 6.61 Å². The van der Waals surface area contributed by atoms with Crippen LogP contribution in [0.1, 0.15) is 18.1 Å². The normalized spacial score (nSPS) is 10.4. The van der Waals surface area contributed by atoms with Crippen LogP contribution in [-0.2, 0) is 13.0 Å². The third-order valence-corrected chi connectivity index (χ3v) is 2.77. The standard InChI is InChI=1S/C15H15FO2/c1-2-11-6-8-13(9-7-11)18-15-12(10-17)4-3-5-14(15)16/h3-9,17H,2,10H2,1H3. The number of aryl methyl sites for hydroxylation is 1. The second-order valence-electron chi connectivity index (χ2n) is 3.99. The Kier molecular flexibility index (Phi) is 3.95. The molecule has 0 aliphatic rings. The summed E-state index contributed by atoms with van der Waals surface area (Å²) >= 11 is 0. The molecule has 0 radical (unpaired) electrons. The Morgan fingerprint density at radius 2 is 1.83 bits per heavy atom. The van der Waals surface area contributed by atoms with E-state index in [4.69, 9.17) is 9.84 Å². The van der Waals surface area contributed by atoms with Gasteiger partial charge in [-0.2, -0.15) is 0 Å². The van der Waals surface area contributed by atoms with Crippen molar-refractivity contribution >= 4 is 0 Å². The largest absolute Gasteiger partial charge is 0.454 e. The van der Waals surface area contributed by atoms with Crippen LogP contribution in [0.25, 0.3) is 0 Å². The second kappa shape index (κ2) is 5.65. The zero-order chi connectivity index (χ0) is 13.0. The monoisotopic (exact) mass is 246 g/mol. The van der Waals surface area contributed by atoms with E-state index in [9.17, 15) is 4.39 Å². The van der Waals surface area contributed by atoms with E-state index >= 15 is 0 Å². The van der Waals surface area contributed by atoms with Gasteiger partial charge < -0.3 is 9.84 Å². The van der Waals surface area contributed by atoms with Gasteiger partial charge in [0.15, 0.2) is 11.6 Å². The maximum atomic E-state index is 13.6. The predicted octanol–water partition coefficient (Wildman–Crippen LogP) is 3.67. The molecule has 2 aromatic carbocycles. The highest BCUT2D eigenvalue weighted by Crippen LogP contribution is 2.28. The van der Waals surface area contributed by atoms with Crippen LogP contribution >= 0.6 is 0 Å². The molecule has 3 heteroatoms. The molecular weight excluding hydrogens is 231 g/mol. The number of aliphatic hydroxyl groups is 1. The van der Waals surface area contributed by atoms with Gasteiger partial charge in [0.1, 0.15) is 5.75 Å². The third kappa shape index (κ3) is 2.68. The van der Waals surface area contributed by atoms with E-state index < -0.39 is 5.82 Å². The molecule has 0 fully saturated rings. The van der Waals surface area contributed by atoms with E-state index in [1.54, 1.807) is 24.3 Å². The molecule has 18 heavy (non-hydrogen) atoms. The summed E-state index contributed by atoms with van der Waals surface area (Å²) in [6.45, 7) is 1.82. The maximum absolute atomic E-state index is 13.6. The number of benzene rings is 2. The molecule has 2 aromatic rings. The van der Waals surface area contributed by atoms with Crippen LogP contribution in [-0.4, -0.2) is 5.11 Å². The zero-order valence-corrected chi connectivity index (χ0v) is 10.2. The highest BCUT2D eigenvalue weighted by Gasteiger charge is 2.10. The van der Waals surface area contributed by atoms with E-state index in [1.165, 1.54) is 11.6 Å². The number of para-hydroxylation sites is 1. The highest BCUT2D eigenvalue weighted by molar-refractivity contribution is 5.39. The van der Waals surface area contributed by atoms with E-state index in [2.05, 4.69) is 6.92 Å². The summed E-state index contributed by atoms with van der Waals surface area (Å²) in [7, 11) is 0. The summed E-state index contributed by atoms with van der Waals surface area (Å²) in [5.74, 6) is 0.178. The molecular formula is C15H15FO2. The molecule has 0 bridgehead atoms. The highest BCUT2D eigenvalue weighted by atomic mass is 19.1. The fraction of sp³-hybridized carbons (Fsp3) is 0.200. The van der Waals surface area contributed by atoms with Crippen molar-refractivity contribution in [3.63, 3.8) is 0 Å². The van der Waals surface area contributed by atoms with Crippen LogP contribution in [0, 0.1) is 5.82 Å². The van der Waals surface area contributed by atoms with Gasteiger partial charge in [0.25, 0.3) is 0 Å². The lowest BCUT2D eigenvalue weighted by Crippen LogP contribution is -1.95. The molecule has 94 valence electrons. The van der Waals surface area contributed by atoms with Crippen molar-refractivity contribution in [2.45, 2.75) is 20.0 Å². The van der Waals surface area contributed by atoms with Crippen molar-refractivity contribution in [2.24, 2.45) is 0 Å². The van der Waals surface area contributed by atoms with Gasteiger partial charge in [-0.05, 0) is 30.2 Å². The van der Waals surface area contributed by atoms with Gasteiger partial charge >= 0.3 is 0 Å². The van der Waals surface area contributed by atoms with Crippen molar-refractivity contribution in [1.29, 1.82) is 0 Å². The minimum Gasteiger partial charge on any atom is -0.454 e. The quantitative estimate of drug-likeness (QED) is 0.891. The second-order valence-corrected chi connectivity index (χ2v) is 3.99. The molecule has 0 saturated carbocycles. The molecule has 1 N–H and O–H groups in total. The fourth-order valence-corrected chi connectivity index (χ4v) is 1.70. The number of ether oxygens (including phenoxy) is 1. The minimum absolute atomic E-state index is 0.0873. The number of halogens is 1. The third-order valence-electron chi connectivity index (χ3n) is 2.77. The molecule has 0 atom stereocenters. The first-order chi connectivity index (χ1) is 8.74. The lowest BCUT2D eigenvalue weighted by atomic mass is 10.1. The Morgan fingerprint density at radius 3 is 2.44 bits per heavy atom. The molecule has 0 heterocycles. The molecule has 2 rings (SSSR count). The molecule has 0 amide bonds. The lowest BCUT2D eigenvalue weighted by molar-refractivity contribution is 0.274. The summed E-state index contributed by atoms with van der Waals surface area (Å²) in [5, 5.41) is 9.16. The van der Waals surface area contributed by atoms with Gasteiger partial charge in [-0.15, -0.1) is 0 Å². The smallest absolute Gasteiger partial charge is 0.168 e. The molecule has 2 nitrogen and oxygen atoms in total. The molecule has 0 unspecified atom stereocenters. The van der Waals surface area contributed by atoms with Gasteiger partial charge in [-0.3, -0.25) is 0 Å². The van der Waals surface area contributed by atoms with E-state index in [0.717, 1.165) is 6.42 Å². The van der Waals surface area contributed by atoms with Crippen LogP contribution in [0.4, 0.5) is 4.39 Å². The van der Waals surface area contributed by atoms with Crippen molar-refractivity contribution in [3.8, 4) is 11.5 Å². The van der Waals surface area contributed by atoms with Crippen LogP contribution in [0.15, 0.2) is 42.5 Å². The Morgan fingerprint density at radius 1 is 1.11 bits per heavy atom. The summed E-state index contributed by atoms with van der Waals surface area (Å²) in [6.07, 6.45) is 0.946. The first kappa shape index (κ1) is 12.6. The first-order valence-electron chi connectivity index (χ1n) is 5.89. The molecule has 0 aliphatic carbocycles. The number of hydrogen-bond donors (Lipinski definition) is 1. The Labute approximate surface area is 106 Å². The minimum atomic E-state index is -0.471. The Bertz CT molecular complexity index is 521. The number of aliphatic hydroxyl groups excluding tert-OH is 1. The van der Waals surface area contributed by atoms with Crippen LogP contribution < -0.4 is 4.74 Å². The van der Waals surface area contributed by atoms with Gasteiger partial charge in [0, 0.05) is 5.56 Å². The van der Waals surface area contributed by atoms with Crippen molar-refractivity contribution < 1.29 is 14.2 Å². The van der Waals surface area contributed by atoms with E-state index in [-0.39, 0.29) is 12.4 Å². The first-order valence-corrected chi connectivity index (χ1v) is 5.89. The maximum Gasteiger partial charge on any atom is 0.168 e. The Balaban J connectivity index is 2.27. The van der Waals surface area contributed by atoms with E-state index in [0.29, 0.717) is 11.3 Å². The number of hydrogen-bond acceptors (Lipinski definition) is 2. The molecule has 0 aromatic heterocycles. The van der Waals surface area contributed by atoms with Crippen LogP contribution in [0.5, 0.6) is 11.5 Å². The zero-order valence-electron chi connectivity index (χ0n) is 10.2. The SMILES string of the molecule is CCc1ccc(Oc2c(F)cccc2CO)cc1. The van der Waals surface area contributed by atoms with Gasteiger partial charge in [-0.25, -0.2) is 4.39 Å². The molecule has 0 aliphatic heterocycles. The topological polar surface area (TPSA) is 29.5 Å². The van der Waals surface area contributed by atoms with Gasteiger partial charge in [-0.1, -0.05) is 31.2 Å². The Hall–Kier alpha value is -1.87. The summed E-state index contributed by atoms with van der Waals surface area (Å²) in [5.41, 5.74) is 1.63. The predicted molar refractivity (Wildman–Crippen MR) is 68.2 cm³/mol.